The minimum Gasteiger partial charge on any atom is -0.391 e. The van der Waals surface area contributed by atoms with Gasteiger partial charge in [0.15, 0.2) is 0 Å². The fourth-order valence-corrected chi connectivity index (χ4v) is 5.65. The standard InChI is InChI=1S/C21H29N3O2/c1-14-22-18-4-2-3-5-19(18)24(14)20-10-15-12-23(13-16(15)11-21(20)25)17-6-8-26-9-7-17/h2-5,15-17,20-21,25H,6-13H2,1H3/t15-,16+,20-,21-/m0/s1. The number of hydrogen-bond acceptors (Lipinski definition) is 4. The summed E-state index contributed by atoms with van der Waals surface area (Å²) in [6.07, 6.45) is 4.03. The van der Waals surface area contributed by atoms with Crippen LogP contribution in [0.3, 0.4) is 0 Å². The SMILES string of the molecule is Cc1nc2ccccc2n1[C@H]1C[C@H]2CN(C3CCOCC3)C[C@H]2C[C@@H]1O. The second-order valence-corrected chi connectivity index (χ2v) is 8.44. The highest BCUT2D eigenvalue weighted by Crippen LogP contribution is 2.43. The molecule has 0 unspecified atom stereocenters. The molecule has 1 aromatic heterocycles. The van der Waals surface area contributed by atoms with Gasteiger partial charge >= 0.3 is 0 Å². The van der Waals surface area contributed by atoms with Gasteiger partial charge in [-0.1, -0.05) is 12.1 Å². The Morgan fingerprint density at radius 3 is 2.62 bits per heavy atom. The van der Waals surface area contributed by atoms with Gasteiger partial charge in [0.1, 0.15) is 5.82 Å². The van der Waals surface area contributed by atoms with Gasteiger partial charge in [-0.15, -0.1) is 0 Å². The van der Waals surface area contributed by atoms with Crippen molar-refractivity contribution in [1.29, 1.82) is 0 Å². The fraction of sp³-hybridized carbons (Fsp3) is 0.667. The molecule has 1 aliphatic carbocycles. The van der Waals surface area contributed by atoms with E-state index in [1.807, 2.05) is 6.07 Å². The molecule has 2 saturated heterocycles. The van der Waals surface area contributed by atoms with Gasteiger partial charge in [-0.3, -0.25) is 4.90 Å². The number of para-hydroxylation sites is 2. The van der Waals surface area contributed by atoms with Crippen molar-refractivity contribution < 1.29 is 9.84 Å². The molecule has 5 rings (SSSR count). The Bertz CT molecular complexity index is 783. The van der Waals surface area contributed by atoms with Crippen molar-refractivity contribution in [2.45, 2.75) is 50.8 Å². The number of nitrogens with zero attached hydrogens (tertiary/aromatic N) is 3. The number of aliphatic hydroxyl groups is 1. The molecule has 3 heterocycles. The first kappa shape index (κ1) is 16.7. The normalized spacial score (nSPS) is 33.6. The van der Waals surface area contributed by atoms with Crippen LogP contribution in [0.5, 0.6) is 0 Å². The molecule has 0 radical (unpaired) electrons. The van der Waals surface area contributed by atoms with Crippen molar-refractivity contribution in [3.8, 4) is 0 Å². The maximum absolute atomic E-state index is 11.0. The predicted octanol–water partition coefficient (Wildman–Crippen LogP) is 2.77. The summed E-state index contributed by atoms with van der Waals surface area (Å²) in [6, 6.07) is 9.14. The zero-order chi connectivity index (χ0) is 17.7. The van der Waals surface area contributed by atoms with Crippen LogP contribution < -0.4 is 0 Å². The zero-order valence-corrected chi connectivity index (χ0v) is 15.6. The summed E-state index contributed by atoms with van der Waals surface area (Å²) in [5.74, 6) is 2.35. The molecule has 4 atom stereocenters. The molecule has 3 aliphatic rings. The highest BCUT2D eigenvalue weighted by Gasteiger charge is 2.44. The van der Waals surface area contributed by atoms with Crippen LogP contribution in [0.4, 0.5) is 0 Å². The average Bonchev–Trinajstić information content (AvgIpc) is 3.21. The number of aryl methyl sites for hydroxylation is 1. The maximum Gasteiger partial charge on any atom is 0.107 e. The van der Waals surface area contributed by atoms with Crippen molar-refractivity contribution in [2.24, 2.45) is 11.8 Å². The highest BCUT2D eigenvalue weighted by atomic mass is 16.5. The third kappa shape index (κ3) is 2.77. The van der Waals surface area contributed by atoms with E-state index >= 15 is 0 Å². The van der Waals surface area contributed by atoms with Gasteiger partial charge in [0.25, 0.3) is 0 Å². The van der Waals surface area contributed by atoms with Crippen LogP contribution in [0, 0.1) is 18.8 Å². The van der Waals surface area contributed by atoms with E-state index in [0.29, 0.717) is 17.9 Å². The van der Waals surface area contributed by atoms with Crippen molar-refractivity contribution in [3.63, 3.8) is 0 Å². The minimum atomic E-state index is -0.276. The Hall–Kier alpha value is -1.43. The molecular formula is C21H29N3O2. The number of likely N-dealkylation sites (tertiary alicyclic amines) is 1. The Labute approximate surface area is 155 Å². The first-order valence-electron chi connectivity index (χ1n) is 10.1. The second kappa shape index (κ2) is 6.63. The zero-order valence-electron chi connectivity index (χ0n) is 15.6. The van der Waals surface area contributed by atoms with Gasteiger partial charge in [-0.2, -0.15) is 0 Å². The lowest BCUT2D eigenvalue weighted by molar-refractivity contribution is 0.0358. The summed E-state index contributed by atoms with van der Waals surface area (Å²) in [6.45, 7) is 6.22. The molecule has 0 amide bonds. The van der Waals surface area contributed by atoms with Crippen LogP contribution in [-0.4, -0.2) is 58.0 Å². The fourth-order valence-electron chi connectivity index (χ4n) is 5.65. The number of benzene rings is 1. The second-order valence-electron chi connectivity index (χ2n) is 8.44. The van der Waals surface area contributed by atoms with E-state index in [2.05, 4.69) is 34.6 Å². The number of imidazole rings is 1. The average molecular weight is 355 g/mol. The van der Waals surface area contributed by atoms with Gasteiger partial charge in [0.2, 0.25) is 0 Å². The molecule has 26 heavy (non-hydrogen) atoms. The molecule has 140 valence electrons. The Morgan fingerprint density at radius 2 is 1.81 bits per heavy atom. The van der Waals surface area contributed by atoms with E-state index in [1.54, 1.807) is 0 Å². The molecule has 5 heteroatoms. The highest BCUT2D eigenvalue weighted by molar-refractivity contribution is 5.76. The minimum absolute atomic E-state index is 0.151. The number of rotatable bonds is 2. The van der Waals surface area contributed by atoms with Crippen LogP contribution in [0.2, 0.25) is 0 Å². The van der Waals surface area contributed by atoms with Crippen molar-refractivity contribution in [1.82, 2.24) is 14.5 Å². The largest absolute Gasteiger partial charge is 0.391 e. The van der Waals surface area contributed by atoms with Crippen LogP contribution in [0.15, 0.2) is 24.3 Å². The van der Waals surface area contributed by atoms with Gasteiger partial charge in [-0.05, 0) is 56.6 Å². The maximum atomic E-state index is 11.0. The molecule has 1 aromatic carbocycles. The molecule has 2 aliphatic heterocycles. The van der Waals surface area contributed by atoms with Crippen molar-refractivity contribution in [2.75, 3.05) is 26.3 Å². The smallest absolute Gasteiger partial charge is 0.107 e. The topological polar surface area (TPSA) is 50.5 Å². The monoisotopic (exact) mass is 355 g/mol. The van der Waals surface area contributed by atoms with Crippen LogP contribution in [0.25, 0.3) is 11.0 Å². The lowest BCUT2D eigenvalue weighted by atomic mass is 9.77. The Balaban J connectivity index is 1.38. The van der Waals surface area contributed by atoms with E-state index in [-0.39, 0.29) is 12.1 Å². The quantitative estimate of drug-likeness (QED) is 0.900. The van der Waals surface area contributed by atoms with Gasteiger partial charge < -0.3 is 14.4 Å². The molecule has 3 fully saturated rings. The number of hydrogen-bond donors (Lipinski definition) is 1. The summed E-state index contributed by atoms with van der Waals surface area (Å²) in [7, 11) is 0. The summed E-state index contributed by atoms with van der Waals surface area (Å²) in [5.41, 5.74) is 2.20. The number of aliphatic hydroxyl groups excluding tert-OH is 1. The molecule has 0 bridgehead atoms. The van der Waals surface area contributed by atoms with E-state index in [0.717, 1.165) is 62.3 Å². The molecule has 0 spiro atoms. The predicted molar refractivity (Wildman–Crippen MR) is 101 cm³/mol. The van der Waals surface area contributed by atoms with Gasteiger partial charge in [0, 0.05) is 32.3 Å². The third-order valence-electron chi connectivity index (χ3n) is 6.95. The van der Waals surface area contributed by atoms with Crippen LogP contribution >= 0.6 is 0 Å². The van der Waals surface area contributed by atoms with Crippen LogP contribution in [0.1, 0.15) is 37.5 Å². The molecule has 1 saturated carbocycles. The molecular weight excluding hydrogens is 326 g/mol. The van der Waals surface area contributed by atoms with Crippen molar-refractivity contribution >= 4 is 11.0 Å². The van der Waals surface area contributed by atoms with Gasteiger partial charge in [-0.25, -0.2) is 4.98 Å². The number of fused-ring (bicyclic) bond motifs is 2. The van der Waals surface area contributed by atoms with Gasteiger partial charge in [0.05, 0.1) is 23.2 Å². The summed E-state index contributed by atoms with van der Waals surface area (Å²) < 4.78 is 7.84. The van der Waals surface area contributed by atoms with E-state index in [1.165, 1.54) is 6.54 Å². The molecule has 1 N–H and O–H groups in total. The van der Waals surface area contributed by atoms with E-state index in [4.69, 9.17) is 9.72 Å². The van der Waals surface area contributed by atoms with E-state index < -0.39 is 0 Å². The summed E-state index contributed by atoms with van der Waals surface area (Å²) in [5, 5.41) is 11.0. The van der Waals surface area contributed by atoms with Crippen molar-refractivity contribution in [3.05, 3.63) is 30.1 Å². The lowest BCUT2D eigenvalue weighted by Crippen LogP contribution is -2.38. The third-order valence-corrected chi connectivity index (χ3v) is 6.95. The number of aromatic nitrogens is 2. The first-order chi connectivity index (χ1) is 12.7. The Kier molecular flexibility index (Phi) is 4.26. The van der Waals surface area contributed by atoms with Crippen LogP contribution in [-0.2, 0) is 4.74 Å². The summed E-state index contributed by atoms with van der Waals surface area (Å²) in [4.78, 5) is 7.41. The van der Waals surface area contributed by atoms with E-state index in [9.17, 15) is 5.11 Å². The molecule has 5 nitrogen and oxygen atoms in total. The lowest BCUT2D eigenvalue weighted by Gasteiger charge is -2.36. The Morgan fingerprint density at radius 1 is 1.08 bits per heavy atom. The molecule has 2 aromatic rings. The first-order valence-corrected chi connectivity index (χ1v) is 10.1. The number of ether oxygens (including phenoxy) is 1. The summed E-state index contributed by atoms with van der Waals surface area (Å²) >= 11 is 0.